The summed E-state index contributed by atoms with van der Waals surface area (Å²) in [7, 11) is 0. The smallest absolute Gasteiger partial charge is 0.184 e. The van der Waals surface area contributed by atoms with Gasteiger partial charge in [0.2, 0.25) is 0 Å². The summed E-state index contributed by atoms with van der Waals surface area (Å²) in [5.41, 5.74) is 1.15. The molecule has 0 aromatic heterocycles. The summed E-state index contributed by atoms with van der Waals surface area (Å²) in [6, 6.07) is 16.1. The zero-order valence-electron chi connectivity index (χ0n) is 11.3. The van der Waals surface area contributed by atoms with Crippen LogP contribution in [-0.2, 0) is 0 Å². The summed E-state index contributed by atoms with van der Waals surface area (Å²) < 4.78 is 10.9. The van der Waals surface area contributed by atoms with Gasteiger partial charge < -0.3 is 9.47 Å². The van der Waals surface area contributed by atoms with Crippen molar-refractivity contribution in [2.24, 2.45) is 0 Å². The van der Waals surface area contributed by atoms with Crippen molar-refractivity contribution in [3.05, 3.63) is 59.7 Å². The Hall–Kier alpha value is -2.80. The van der Waals surface area contributed by atoms with Crippen LogP contribution in [0.4, 0.5) is 0 Å². The summed E-state index contributed by atoms with van der Waals surface area (Å²) in [4.78, 5) is 12.5. The third-order valence-corrected chi connectivity index (χ3v) is 3.35. The first-order valence-corrected chi connectivity index (χ1v) is 6.68. The molecule has 104 valence electrons. The van der Waals surface area contributed by atoms with Crippen molar-refractivity contribution in [2.45, 2.75) is 5.92 Å². The predicted molar refractivity (Wildman–Crippen MR) is 76.6 cm³/mol. The summed E-state index contributed by atoms with van der Waals surface area (Å²) in [5, 5.41) is 9.32. The Kier molecular flexibility index (Phi) is 3.57. The molecule has 0 bridgehead atoms. The Morgan fingerprint density at radius 1 is 1.05 bits per heavy atom. The second kappa shape index (κ2) is 5.68. The third kappa shape index (κ3) is 2.59. The number of carbonyl (C=O) groups is 1. The van der Waals surface area contributed by atoms with E-state index in [9.17, 15) is 10.1 Å². The van der Waals surface area contributed by atoms with Gasteiger partial charge in [0.25, 0.3) is 0 Å². The first-order chi connectivity index (χ1) is 10.3. The van der Waals surface area contributed by atoms with Gasteiger partial charge in [-0.15, -0.1) is 0 Å². The van der Waals surface area contributed by atoms with E-state index in [1.807, 2.05) is 18.2 Å². The van der Waals surface area contributed by atoms with Crippen LogP contribution in [0, 0.1) is 11.3 Å². The fourth-order valence-corrected chi connectivity index (χ4v) is 2.29. The molecule has 1 aliphatic rings. The van der Waals surface area contributed by atoms with Crippen LogP contribution in [0.3, 0.4) is 0 Å². The van der Waals surface area contributed by atoms with Gasteiger partial charge in [0.1, 0.15) is 19.1 Å². The molecule has 0 saturated carbocycles. The highest BCUT2D eigenvalue weighted by atomic mass is 16.6. The van der Waals surface area contributed by atoms with Crippen LogP contribution in [0.15, 0.2) is 48.5 Å². The van der Waals surface area contributed by atoms with Crippen molar-refractivity contribution in [1.82, 2.24) is 0 Å². The zero-order valence-corrected chi connectivity index (χ0v) is 11.3. The van der Waals surface area contributed by atoms with E-state index in [4.69, 9.17) is 9.47 Å². The lowest BCUT2D eigenvalue weighted by Gasteiger charge is -2.19. The van der Waals surface area contributed by atoms with Crippen LogP contribution >= 0.6 is 0 Å². The molecule has 4 heteroatoms. The molecule has 0 N–H and O–H groups in total. The summed E-state index contributed by atoms with van der Waals surface area (Å²) in [6.45, 7) is 0.968. The number of nitriles is 1. The molecule has 2 aromatic carbocycles. The molecule has 0 amide bonds. The molecular formula is C17H13NO3. The molecule has 0 saturated heterocycles. The van der Waals surface area contributed by atoms with Crippen molar-refractivity contribution in [1.29, 1.82) is 5.26 Å². The lowest BCUT2D eigenvalue weighted by molar-refractivity contribution is 0.0977. The highest BCUT2D eigenvalue weighted by Crippen LogP contribution is 2.32. The van der Waals surface area contributed by atoms with Gasteiger partial charge in [-0.05, 0) is 23.8 Å². The number of hydrogen-bond donors (Lipinski definition) is 0. The van der Waals surface area contributed by atoms with Crippen molar-refractivity contribution in [2.75, 3.05) is 13.2 Å². The van der Waals surface area contributed by atoms with Crippen LogP contribution in [0.2, 0.25) is 0 Å². The molecule has 1 aliphatic heterocycles. The molecule has 0 spiro atoms. The fraction of sp³-hybridized carbons (Fsp3) is 0.176. The molecule has 0 aliphatic carbocycles. The lowest BCUT2D eigenvalue weighted by Crippen LogP contribution is -2.17. The van der Waals surface area contributed by atoms with Gasteiger partial charge in [0.15, 0.2) is 17.3 Å². The third-order valence-electron chi connectivity index (χ3n) is 3.35. The maximum atomic E-state index is 12.5. The highest BCUT2D eigenvalue weighted by molar-refractivity contribution is 6.03. The quantitative estimate of drug-likeness (QED) is 0.810. The van der Waals surface area contributed by atoms with Gasteiger partial charge >= 0.3 is 0 Å². The van der Waals surface area contributed by atoms with Crippen LogP contribution < -0.4 is 9.47 Å². The number of carbonyl (C=O) groups excluding carboxylic acids is 1. The number of ketones is 1. The second-order valence-electron chi connectivity index (χ2n) is 4.70. The van der Waals surface area contributed by atoms with E-state index >= 15 is 0 Å². The number of nitrogens with zero attached hydrogens (tertiary/aromatic N) is 1. The molecule has 0 fully saturated rings. The minimum Gasteiger partial charge on any atom is -0.486 e. The van der Waals surface area contributed by atoms with Gasteiger partial charge in [-0.3, -0.25) is 4.79 Å². The molecular weight excluding hydrogens is 266 g/mol. The maximum absolute atomic E-state index is 12.5. The number of fused-ring (bicyclic) bond motifs is 1. The number of Topliss-reactive ketones (excluding diaryl/α,β-unsaturated/α-hetero) is 1. The van der Waals surface area contributed by atoms with Crippen LogP contribution in [-0.4, -0.2) is 19.0 Å². The van der Waals surface area contributed by atoms with Gasteiger partial charge in [-0.25, -0.2) is 0 Å². The SMILES string of the molecule is N#CC(C(=O)c1ccc2c(c1)OCCO2)c1ccccc1. The van der Waals surface area contributed by atoms with Crippen LogP contribution in [0.25, 0.3) is 0 Å². The van der Waals surface area contributed by atoms with E-state index < -0.39 is 5.92 Å². The van der Waals surface area contributed by atoms with E-state index in [0.717, 1.165) is 0 Å². The molecule has 21 heavy (non-hydrogen) atoms. The molecule has 1 unspecified atom stereocenters. The molecule has 4 nitrogen and oxygen atoms in total. The largest absolute Gasteiger partial charge is 0.486 e. The van der Waals surface area contributed by atoms with Gasteiger partial charge in [-0.1, -0.05) is 30.3 Å². The standard InChI is InChI=1S/C17H13NO3/c18-11-14(12-4-2-1-3-5-12)17(19)13-6-7-15-16(10-13)21-9-8-20-15/h1-7,10,14H,8-9H2. The predicted octanol–water partition coefficient (Wildman–Crippen LogP) is 2.95. The van der Waals surface area contributed by atoms with E-state index in [1.165, 1.54) is 0 Å². The molecule has 3 rings (SSSR count). The Labute approximate surface area is 122 Å². The number of benzene rings is 2. The summed E-state index contributed by atoms with van der Waals surface area (Å²) in [6.07, 6.45) is 0. The number of ether oxygens (including phenoxy) is 2. The minimum atomic E-state index is -0.811. The zero-order chi connectivity index (χ0) is 14.7. The Morgan fingerprint density at radius 3 is 2.48 bits per heavy atom. The minimum absolute atomic E-state index is 0.235. The van der Waals surface area contributed by atoms with Crippen molar-refractivity contribution in [3.63, 3.8) is 0 Å². The van der Waals surface area contributed by atoms with E-state index in [2.05, 4.69) is 6.07 Å². The molecule has 1 atom stereocenters. The van der Waals surface area contributed by atoms with Crippen molar-refractivity contribution < 1.29 is 14.3 Å². The van der Waals surface area contributed by atoms with E-state index in [-0.39, 0.29) is 5.78 Å². The summed E-state index contributed by atoms with van der Waals surface area (Å²) in [5.74, 6) is 0.136. The molecule has 0 radical (unpaired) electrons. The molecule has 1 heterocycles. The number of hydrogen-bond acceptors (Lipinski definition) is 4. The summed E-state index contributed by atoms with van der Waals surface area (Å²) >= 11 is 0. The van der Waals surface area contributed by atoms with Gasteiger partial charge in [0, 0.05) is 5.56 Å². The first kappa shape index (κ1) is 13.2. The lowest BCUT2D eigenvalue weighted by atomic mass is 9.92. The first-order valence-electron chi connectivity index (χ1n) is 6.68. The Bertz CT molecular complexity index is 704. The van der Waals surface area contributed by atoms with Crippen LogP contribution in [0.5, 0.6) is 11.5 Å². The van der Waals surface area contributed by atoms with Crippen molar-refractivity contribution in [3.8, 4) is 17.6 Å². The average molecular weight is 279 g/mol. The monoisotopic (exact) mass is 279 g/mol. The Morgan fingerprint density at radius 2 is 1.76 bits per heavy atom. The highest BCUT2D eigenvalue weighted by Gasteiger charge is 2.23. The van der Waals surface area contributed by atoms with Gasteiger partial charge in [-0.2, -0.15) is 5.26 Å². The molecule has 2 aromatic rings. The fourth-order valence-electron chi connectivity index (χ4n) is 2.29. The van der Waals surface area contributed by atoms with E-state index in [0.29, 0.717) is 35.8 Å². The Balaban J connectivity index is 1.92. The van der Waals surface area contributed by atoms with Crippen LogP contribution in [0.1, 0.15) is 21.8 Å². The van der Waals surface area contributed by atoms with Gasteiger partial charge in [0.05, 0.1) is 6.07 Å². The van der Waals surface area contributed by atoms with E-state index in [1.54, 1.807) is 30.3 Å². The average Bonchev–Trinajstić information content (AvgIpc) is 2.56. The second-order valence-corrected chi connectivity index (χ2v) is 4.70. The van der Waals surface area contributed by atoms with Crippen molar-refractivity contribution >= 4 is 5.78 Å². The number of rotatable bonds is 3. The maximum Gasteiger partial charge on any atom is 0.184 e. The normalized spacial score (nSPS) is 14.0. The topological polar surface area (TPSA) is 59.3 Å².